The number of hydrogen-bond acceptors (Lipinski definition) is 6. The Hall–Kier alpha value is -2.25. The van der Waals surface area contributed by atoms with E-state index in [1.54, 1.807) is 0 Å². The van der Waals surface area contributed by atoms with Gasteiger partial charge in [-0.25, -0.2) is 0 Å². The first-order valence-corrected chi connectivity index (χ1v) is 7.00. The van der Waals surface area contributed by atoms with Crippen molar-refractivity contribution < 1.29 is 17.5 Å². The second-order valence-electron chi connectivity index (χ2n) is 3.80. The van der Waals surface area contributed by atoms with Crippen LogP contribution in [0.1, 0.15) is 25.7 Å². The number of rotatable bonds is 2. The molecule has 0 spiro atoms. The van der Waals surface area contributed by atoms with Crippen molar-refractivity contribution in [2.45, 2.75) is 25.7 Å². The average Bonchev–Trinajstić information content (AvgIpc) is 2.32. The lowest BCUT2D eigenvalue weighted by atomic mass is 9.96. The van der Waals surface area contributed by atoms with Crippen LogP contribution >= 0.6 is 0 Å². The van der Waals surface area contributed by atoms with Crippen molar-refractivity contribution in [3.8, 4) is 0 Å². The fourth-order valence-corrected chi connectivity index (χ4v) is 1.33. The Morgan fingerprint density at radius 2 is 1.14 bits per heavy atom. The fourth-order valence-electron chi connectivity index (χ4n) is 1.33. The van der Waals surface area contributed by atoms with Crippen LogP contribution in [0, 0.1) is 0 Å². The average molecular weight is 322 g/mol. The SMILES string of the molecule is NC(N)=N/N=C1\CCCC\C1=N/N=C(N)N.O=S(=O)(O)O. The predicted molar refractivity (Wildman–Crippen MR) is 79.1 cm³/mol. The summed E-state index contributed by atoms with van der Waals surface area (Å²) >= 11 is 0. The smallest absolute Gasteiger partial charge is 0.369 e. The monoisotopic (exact) mass is 322 g/mol. The molecule has 0 bridgehead atoms. The topological polar surface area (TPSA) is 228 Å². The highest BCUT2D eigenvalue weighted by Gasteiger charge is 2.15. The van der Waals surface area contributed by atoms with E-state index in [4.69, 9.17) is 40.5 Å². The van der Waals surface area contributed by atoms with Gasteiger partial charge in [-0.15, -0.1) is 10.2 Å². The summed E-state index contributed by atoms with van der Waals surface area (Å²) in [5.41, 5.74) is 22.2. The zero-order valence-corrected chi connectivity index (χ0v) is 11.9. The van der Waals surface area contributed by atoms with E-state index >= 15 is 0 Å². The van der Waals surface area contributed by atoms with E-state index in [9.17, 15) is 0 Å². The first-order valence-electron chi connectivity index (χ1n) is 5.60. The van der Waals surface area contributed by atoms with E-state index in [-0.39, 0.29) is 11.9 Å². The van der Waals surface area contributed by atoms with Crippen LogP contribution in [0.5, 0.6) is 0 Å². The minimum Gasteiger partial charge on any atom is -0.369 e. The summed E-state index contributed by atoms with van der Waals surface area (Å²) in [6, 6.07) is 0. The fraction of sp³-hybridized carbons (Fsp3) is 0.500. The molecule has 0 aromatic rings. The van der Waals surface area contributed by atoms with Crippen LogP contribution in [0.15, 0.2) is 20.4 Å². The standard InChI is InChI=1S/C8H16N8.H2O4S/c9-7(10)15-13-5-3-1-2-4-6(5)14-16-8(11)12;1-5(2,3)4/h1-4H2,(H4,9,10,15)(H4,11,12,16);(H2,1,2,3,4)/b13-5+,14-6+;. The molecule has 0 aromatic heterocycles. The molecule has 120 valence electrons. The molecule has 0 saturated heterocycles. The Kier molecular flexibility index (Phi) is 7.88. The summed E-state index contributed by atoms with van der Waals surface area (Å²) in [6.45, 7) is 0. The van der Waals surface area contributed by atoms with Crippen molar-refractivity contribution in [3.05, 3.63) is 0 Å². The largest absolute Gasteiger partial charge is 0.394 e. The Labute approximate surface area is 121 Å². The summed E-state index contributed by atoms with van der Waals surface area (Å²) in [6.07, 6.45) is 3.60. The predicted octanol–water partition coefficient (Wildman–Crippen LogP) is -1.83. The summed E-state index contributed by atoms with van der Waals surface area (Å²) < 4.78 is 31.6. The molecule has 1 aliphatic carbocycles. The maximum atomic E-state index is 8.74. The minimum absolute atomic E-state index is 0.0840. The van der Waals surface area contributed by atoms with Crippen molar-refractivity contribution >= 4 is 33.7 Å². The lowest BCUT2D eigenvalue weighted by Gasteiger charge is -2.12. The number of nitrogens with zero attached hydrogens (tertiary/aromatic N) is 4. The molecule has 0 radical (unpaired) electrons. The Balaban J connectivity index is 0.000000690. The normalized spacial score (nSPS) is 18.6. The van der Waals surface area contributed by atoms with Gasteiger partial charge in [0.25, 0.3) is 0 Å². The van der Waals surface area contributed by atoms with E-state index < -0.39 is 10.4 Å². The second-order valence-corrected chi connectivity index (χ2v) is 4.69. The van der Waals surface area contributed by atoms with Crippen molar-refractivity contribution in [2.75, 3.05) is 0 Å². The van der Waals surface area contributed by atoms with Crippen molar-refractivity contribution in [2.24, 2.45) is 43.3 Å². The van der Waals surface area contributed by atoms with Crippen LogP contribution in [0.2, 0.25) is 0 Å². The van der Waals surface area contributed by atoms with Crippen LogP contribution in [0.25, 0.3) is 0 Å². The minimum atomic E-state index is -4.67. The van der Waals surface area contributed by atoms with Gasteiger partial charge in [0.1, 0.15) is 0 Å². The van der Waals surface area contributed by atoms with Crippen LogP contribution in [-0.2, 0) is 10.4 Å². The molecule has 0 atom stereocenters. The molecule has 21 heavy (non-hydrogen) atoms. The zero-order valence-electron chi connectivity index (χ0n) is 11.0. The van der Waals surface area contributed by atoms with Crippen LogP contribution in [-0.4, -0.2) is 40.9 Å². The second kappa shape index (κ2) is 8.83. The highest BCUT2D eigenvalue weighted by Crippen LogP contribution is 2.13. The molecular formula is C8H18N8O4S. The highest BCUT2D eigenvalue weighted by atomic mass is 32.3. The maximum absolute atomic E-state index is 8.74. The van der Waals surface area contributed by atoms with Crippen molar-refractivity contribution in [3.63, 3.8) is 0 Å². The lowest BCUT2D eigenvalue weighted by molar-refractivity contribution is 0.381. The van der Waals surface area contributed by atoms with Gasteiger partial charge in [0.15, 0.2) is 0 Å². The quantitative estimate of drug-likeness (QED) is 0.146. The molecular weight excluding hydrogens is 304 g/mol. The van der Waals surface area contributed by atoms with Gasteiger partial charge in [0.05, 0.1) is 11.4 Å². The van der Waals surface area contributed by atoms with E-state index in [1.807, 2.05) is 0 Å². The molecule has 1 aliphatic rings. The van der Waals surface area contributed by atoms with E-state index in [0.29, 0.717) is 0 Å². The van der Waals surface area contributed by atoms with E-state index in [2.05, 4.69) is 20.4 Å². The van der Waals surface area contributed by atoms with Crippen LogP contribution in [0.3, 0.4) is 0 Å². The number of hydrogen-bond donors (Lipinski definition) is 6. The molecule has 10 N–H and O–H groups in total. The third kappa shape index (κ3) is 12.5. The summed E-state index contributed by atoms with van der Waals surface area (Å²) in [5, 5.41) is 15.0. The van der Waals surface area contributed by atoms with Gasteiger partial charge >= 0.3 is 10.4 Å². The Bertz CT molecular complexity index is 513. The van der Waals surface area contributed by atoms with Gasteiger partial charge in [0, 0.05) is 0 Å². The van der Waals surface area contributed by atoms with Crippen LogP contribution < -0.4 is 22.9 Å². The molecule has 1 fully saturated rings. The molecule has 1 saturated carbocycles. The number of nitrogens with two attached hydrogens (primary N) is 4. The van der Waals surface area contributed by atoms with Gasteiger partial charge in [-0.1, -0.05) is 0 Å². The van der Waals surface area contributed by atoms with Gasteiger partial charge in [-0.05, 0) is 25.7 Å². The van der Waals surface area contributed by atoms with Crippen molar-refractivity contribution in [1.82, 2.24) is 0 Å². The van der Waals surface area contributed by atoms with Gasteiger partial charge < -0.3 is 22.9 Å². The first kappa shape index (κ1) is 18.8. The molecule has 0 unspecified atom stereocenters. The molecule has 0 heterocycles. The summed E-state index contributed by atoms with van der Waals surface area (Å²) in [4.78, 5) is 0. The molecule has 0 aromatic carbocycles. The highest BCUT2D eigenvalue weighted by molar-refractivity contribution is 7.79. The van der Waals surface area contributed by atoms with E-state index in [0.717, 1.165) is 37.1 Å². The molecule has 0 amide bonds. The zero-order chi connectivity index (χ0) is 16.5. The Morgan fingerprint density at radius 3 is 1.38 bits per heavy atom. The first-order chi connectivity index (χ1) is 9.59. The van der Waals surface area contributed by atoms with E-state index in [1.165, 1.54) is 0 Å². The summed E-state index contributed by atoms with van der Waals surface area (Å²) in [7, 11) is -4.67. The summed E-state index contributed by atoms with van der Waals surface area (Å²) in [5.74, 6) is -0.168. The van der Waals surface area contributed by atoms with Gasteiger partial charge in [-0.2, -0.15) is 18.6 Å². The number of guanidine groups is 2. The third-order valence-electron chi connectivity index (χ3n) is 1.98. The third-order valence-corrected chi connectivity index (χ3v) is 1.98. The van der Waals surface area contributed by atoms with Gasteiger partial charge in [-0.3, -0.25) is 9.11 Å². The molecule has 0 aliphatic heterocycles. The lowest BCUT2D eigenvalue weighted by Crippen LogP contribution is -2.24. The Morgan fingerprint density at radius 1 is 0.857 bits per heavy atom. The molecule has 1 rings (SSSR count). The molecule has 12 nitrogen and oxygen atoms in total. The maximum Gasteiger partial charge on any atom is 0.394 e. The van der Waals surface area contributed by atoms with Crippen LogP contribution in [0.4, 0.5) is 0 Å². The van der Waals surface area contributed by atoms with Gasteiger partial charge in [0.2, 0.25) is 11.9 Å². The van der Waals surface area contributed by atoms with Crippen molar-refractivity contribution in [1.29, 1.82) is 0 Å². The molecule has 13 heteroatoms.